The van der Waals surface area contributed by atoms with Crippen LogP contribution < -0.4 is 5.73 Å². The molecule has 0 heterocycles. The van der Waals surface area contributed by atoms with Crippen LogP contribution in [0.15, 0.2) is 109 Å². The van der Waals surface area contributed by atoms with Gasteiger partial charge in [-0.3, -0.25) is 18.6 Å². The van der Waals surface area contributed by atoms with Gasteiger partial charge < -0.3 is 25.2 Å². The molecule has 54 heavy (non-hydrogen) atoms. The van der Waals surface area contributed by atoms with Crippen LogP contribution >= 0.6 is 7.82 Å². The summed E-state index contributed by atoms with van der Waals surface area (Å²) in [5.41, 5.74) is 5.32. The molecule has 0 amide bonds. The quantitative estimate of drug-likeness (QED) is 0.0189. The van der Waals surface area contributed by atoms with Crippen LogP contribution in [0.1, 0.15) is 110 Å². The Morgan fingerprint density at radius 3 is 1.80 bits per heavy atom. The highest BCUT2D eigenvalue weighted by Gasteiger charge is 2.25. The SMILES string of the molecule is CC/C=C\C/C=C\C/C=C\C/C=C\CCCCC(=O)OC[C@H](COP(=O)(O)OCCN)OC(=O)CCC/C=C\C/C=C\C/C=C\C=C\CC(O)/C=C\CC. The molecule has 0 aliphatic carbocycles. The van der Waals surface area contributed by atoms with E-state index in [1.54, 1.807) is 0 Å². The van der Waals surface area contributed by atoms with Crippen LogP contribution in [0.4, 0.5) is 0 Å². The van der Waals surface area contributed by atoms with Gasteiger partial charge in [0.15, 0.2) is 6.10 Å². The van der Waals surface area contributed by atoms with Gasteiger partial charge >= 0.3 is 19.8 Å². The molecule has 0 aromatic carbocycles. The molecular weight excluding hydrogens is 705 g/mol. The lowest BCUT2D eigenvalue weighted by Gasteiger charge is -2.19. The van der Waals surface area contributed by atoms with Gasteiger partial charge in [0, 0.05) is 19.4 Å². The number of carbonyl (C=O) groups is 2. The minimum absolute atomic E-state index is 0.0248. The van der Waals surface area contributed by atoms with E-state index in [0.717, 1.165) is 57.8 Å². The number of carbonyl (C=O) groups excluding carboxylic acids is 2. The van der Waals surface area contributed by atoms with E-state index in [0.29, 0.717) is 25.7 Å². The maximum absolute atomic E-state index is 12.5. The van der Waals surface area contributed by atoms with Crippen molar-refractivity contribution in [3.05, 3.63) is 109 Å². The van der Waals surface area contributed by atoms with Crippen LogP contribution in [-0.4, -0.2) is 60.5 Å². The Hall–Kier alpha value is -3.37. The van der Waals surface area contributed by atoms with E-state index in [1.807, 2.05) is 55.5 Å². The molecule has 0 saturated carbocycles. The van der Waals surface area contributed by atoms with Gasteiger partial charge in [0.05, 0.1) is 19.3 Å². The van der Waals surface area contributed by atoms with E-state index in [2.05, 4.69) is 67.7 Å². The van der Waals surface area contributed by atoms with Crippen LogP contribution in [0.2, 0.25) is 0 Å². The van der Waals surface area contributed by atoms with Crippen molar-refractivity contribution in [1.82, 2.24) is 0 Å². The number of nitrogens with two attached hydrogens (primary N) is 1. The van der Waals surface area contributed by atoms with Crippen molar-refractivity contribution in [1.29, 1.82) is 0 Å². The van der Waals surface area contributed by atoms with Gasteiger partial charge in [0.1, 0.15) is 6.61 Å². The third kappa shape index (κ3) is 37.0. The number of phosphoric ester groups is 1. The van der Waals surface area contributed by atoms with E-state index >= 15 is 0 Å². The number of esters is 2. The van der Waals surface area contributed by atoms with E-state index in [-0.39, 0.29) is 32.6 Å². The van der Waals surface area contributed by atoms with Crippen LogP contribution in [-0.2, 0) is 32.7 Å². The Bertz CT molecular complexity index is 1260. The first-order chi connectivity index (χ1) is 26.2. The molecule has 0 spiro atoms. The summed E-state index contributed by atoms with van der Waals surface area (Å²) in [5, 5.41) is 9.75. The summed E-state index contributed by atoms with van der Waals surface area (Å²) in [6, 6.07) is 0. The second kappa shape index (κ2) is 37.9. The monoisotopic (exact) mass is 773 g/mol. The van der Waals surface area contributed by atoms with Gasteiger partial charge in [-0.15, -0.1) is 0 Å². The topological polar surface area (TPSA) is 155 Å². The number of ether oxygens (including phenoxy) is 2. The van der Waals surface area contributed by atoms with Gasteiger partial charge in [-0.05, 0) is 83.5 Å². The van der Waals surface area contributed by atoms with E-state index in [9.17, 15) is 24.2 Å². The fourth-order valence-corrected chi connectivity index (χ4v) is 5.15. The standard InChI is InChI=1S/C43H68NO9P/c1-3-5-7-8-9-10-11-12-13-14-18-21-24-27-30-34-42(46)50-38-41(39-52-54(48,49)51-37-36-44)53-43(47)35-31-28-25-22-19-16-15-17-20-23-26-29-33-40(45)32-6-4-2/h5-7,9-10,12-13,15-16,18,20-23,25-26,29,32,40-41,45H,3-4,8,11,14,17,19,24,27-28,30-31,33-39,44H2,1-2H3,(H,48,49)/b7-5-,10-9-,13-12-,16-15-,21-18-,23-20-,25-22-,29-26+,32-6-/t40?,41-/m1/s1. The molecule has 0 bridgehead atoms. The molecule has 11 heteroatoms. The molecule has 0 aliphatic heterocycles. The number of phosphoric acid groups is 1. The van der Waals surface area contributed by atoms with Crippen LogP contribution in [0.25, 0.3) is 0 Å². The summed E-state index contributed by atoms with van der Waals surface area (Å²) in [6.45, 7) is 3.20. The second-order valence-electron chi connectivity index (χ2n) is 12.2. The molecular formula is C43H68NO9P. The maximum atomic E-state index is 12.5. The van der Waals surface area contributed by atoms with Gasteiger partial charge in [-0.25, -0.2) is 4.57 Å². The minimum Gasteiger partial charge on any atom is -0.462 e. The van der Waals surface area contributed by atoms with Crippen molar-refractivity contribution in [2.24, 2.45) is 5.73 Å². The summed E-state index contributed by atoms with van der Waals surface area (Å²) in [5.74, 6) is -0.985. The van der Waals surface area contributed by atoms with Crippen molar-refractivity contribution >= 4 is 19.8 Å². The molecule has 0 aromatic heterocycles. The highest BCUT2D eigenvalue weighted by Crippen LogP contribution is 2.43. The fourth-order valence-electron chi connectivity index (χ4n) is 4.38. The third-order valence-electron chi connectivity index (χ3n) is 7.23. The zero-order valence-electron chi connectivity index (χ0n) is 32.8. The number of hydrogen-bond acceptors (Lipinski definition) is 9. The zero-order chi connectivity index (χ0) is 39.8. The number of unbranched alkanes of at least 4 members (excludes halogenated alkanes) is 3. The Kier molecular flexibility index (Phi) is 35.6. The number of aliphatic hydroxyl groups is 1. The highest BCUT2D eigenvalue weighted by atomic mass is 31.2. The summed E-state index contributed by atoms with van der Waals surface area (Å²) in [4.78, 5) is 34.7. The predicted molar refractivity (Wildman–Crippen MR) is 220 cm³/mol. The van der Waals surface area contributed by atoms with Crippen molar-refractivity contribution < 1.29 is 42.7 Å². The van der Waals surface area contributed by atoms with Crippen molar-refractivity contribution in [2.75, 3.05) is 26.4 Å². The van der Waals surface area contributed by atoms with Crippen LogP contribution in [0.5, 0.6) is 0 Å². The van der Waals surface area contributed by atoms with Crippen LogP contribution in [0, 0.1) is 0 Å². The summed E-state index contributed by atoms with van der Waals surface area (Å²) >= 11 is 0. The average Bonchev–Trinajstić information content (AvgIpc) is 3.15. The Balaban J connectivity index is 4.45. The molecule has 2 unspecified atom stereocenters. The lowest BCUT2D eigenvalue weighted by atomic mass is 10.2. The van der Waals surface area contributed by atoms with Crippen molar-refractivity contribution in [3.63, 3.8) is 0 Å². The molecule has 304 valence electrons. The Morgan fingerprint density at radius 2 is 1.19 bits per heavy atom. The number of aliphatic hydroxyl groups excluding tert-OH is 1. The largest absolute Gasteiger partial charge is 0.472 e. The first kappa shape index (κ1) is 50.6. The van der Waals surface area contributed by atoms with Gasteiger partial charge in [-0.1, -0.05) is 123 Å². The molecule has 0 aromatic rings. The average molecular weight is 774 g/mol. The first-order valence-electron chi connectivity index (χ1n) is 19.5. The van der Waals surface area contributed by atoms with Crippen LogP contribution in [0.3, 0.4) is 0 Å². The smallest absolute Gasteiger partial charge is 0.462 e. The van der Waals surface area contributed by atoms with Crippen molar-refractivity contribution in [3.8, 4) is 0 Å². The Morgan fingerprint density at radius 1 is 0.648 bits per heavy atom. The minimum atomic E-state index is -4.42. The van der Waals surface area contributed by atoms with E-state index < -0.39 is 38.6 Å². The maximum Gasteiger partial charge on any atom is 0.472 e. The Labute approximate surface area is 325 Å². The fraction of sp³-hybridized carbons (Fsp3) is 0.535. The molecule has 0 saturated heterocycles. The summed E-state index contributed by atoms with van der Waals surface area (Å²) < 4.78 is 32.5. The number of hydrogen-bond donors (Lipinski definition) is 3. The second-order valence-corrected chi connectivity index (χ2v) is 13.7. The van der Waals surface area contributed by atoms with Gasteiger partial charge in [0.25, 0.3) is 0 Å². The summed E-state index contributed by atoms with van der Waals surface area (Å²) in [6.07, 6.45) is 46.2. The summed E-state index contributed by atoms with van der Waals surface area (Å²) in [7, 11) is -4.42. The lowest BCUT2D eigenvalue weighted by molar-refractivity contribution is -0.161. The normalized spacial score (nSPS) is 15.1. The molecule has 0 rings (SSSR count). The molecule has 0 aliphatic rings. The number of rotatable bonds is 34. The molecule has 3 atom stereocenters. The lowest BCUT2D eigenvalue weighted by Crippen LogP contribution is -2.29. The first-order valence-corrected chi connectivity index (χ1v) is 21.0. The van der Waals surface area contributed by atoms with E-state index in [4.69, 9.17) is 24.3 Å². The zero-order valence-corrected chi connectivity index (χ0v) is 33.7. The molecule has 10 nitrogen and oxygen atoms in total. The van der Waals surface area contributed by atoms with E-state index in [1.165, 1.54) is 0 Å². The molecule has 0 fully saturated rings. The third-order valence-corrected chi connectivity index (χ3v) is 8.21. The van der Waals surface area contributed by atoms with Gasteiger partial charge in [-0.2, -0.15) is 0 Å². The molecule has 0 radical (unpaired) electrons. The molecule has 4 N–H and O–H groups in total. The van der Waals surface area contributed by atoms with Gasteiger partial charge in [0.2, 0.25) is 0 Å². The van der Waals surface area contributed by atoms with Crippen molar-refractivity contribution in [2.45, 2.75) is 122 Å². The highest BCUT2D eigenvalue weighted by molar-refractivity contribution is 7.47. The predicted octanol–water partition coefficient (Wildman–Crippen LogP) is 9.79. The number of allylic oxidation sites excluding steroid dienone is 16.